The van der Waals surface area contributed by atoms with Crippen molar-refractivity contribution in [3.8, 4) is 0 Å². The van der Waals surface area contributed by atoms with Gasteiger partial charge in [-0.1, -0.05) is 0 Å². The Bertz CT molecular complexity index is 292. The summed E-state index contributed by atoms with van der Waals surface area (Å²) in [5.41, 5.74) is 6.16. The Balaban J connectivity index is 1.93. The number of ether oxygens (including phenoxy) is 1. The maximum absolute atomic E-state index is 12.5. The van der Waals surface area contributed by atoms with Gasteiger partial charge in [-0.15, -0.1) is 0 Å². The minimum Gasteiger partial charge on any atom is -0.381 e. The van der Waals surface area contributed by atoms with Gasteiger partial charge in [0.05, 0.1) is 6.04 Å². The highest BCUT2D eigenvalue weighted by Gasteiger charge is 2.33. The Hall–Kier alpha value is -0.650. The van der Waals surface area contributed by atoms with Crippen molar-refractivity contribution < 1.29 is 9.53 Å². The lowest BCUT2D eigenvalue weighted by Gasteiger charge is -2.40. The van der Waals surface area contributed by atoms with Gasteiger partial charge in [0.15, 0.2) is 0 Å². The van der Waals surface area contributed by atoms with Gasteiger partial charge in [0.2, 0.25) is 5.91 Å². The van der Waals surface area contributed by atoms with Crippen molar-refractivity contribution in [1.82, 2.24) is 9.80 Å². The summed E-state index contributed by atoms with van der Waals surface area (Å²) in [5.74, 6) is 0.417. The number of carbonyl (C=O) groups is 1. The first-order valence-electron chi connectivity index (χ1n) is 6.92. The summed E-state index contributed by atoms with van der Waals surface area (Å²) in [6.45, 7) is 6.26. The SMILES string of the molecule is CC1CN(C)CCN1C(=O)C(N)C1CCOCC1. The fourth-order valence-electron chi connectivity index (χ4n) is 2.94. The highest BCUT2D eigenvalue weighted by molar-refractivity contribution is 5.82. The lowest BCUT2D eigenvalue weighted by molar-refractivity contribution is -0.139. The van der Waals surface area contributed by atoms with E-state index in [1.54, 1.807) is 0 Å². The van der Waals surface area contributed by atoms with Gasteiger partial charge in [-0.3, -0.25) is 4.79 Å². The fourth-order valence-corrected chi connectivity index (χ4v) is 2.94. The third-order valence-corrected chi connectivity index (χ3v) is 4.17. The second kappa shape index (κ2) is 5.99. The van der Waals surface area contributed by atoms with Crippen LogP contribution in [0.25, 0.3) is 0 Å². The van der Waals surface area contributed by atoms with E-state index in [0.29, 0.717) is 0 Å². The maximum atomic E-state index is 12.5. The van der Waals surface area contributed by atoms with Gasteiger partial charge in [0.1, 0.15) is 0 Å². The summed E-state index contributed by atoms with van der Waals surface area (Å²) in [7, 11) is 2.09. The smallest absolute Gasteiger partial charge is 0.240 e. The van der Waals surface area contributed by atoms with Crippen LogP contribution in [0.2, 0.25) is 0 Å². The molecule has 5 nitrogen and oxygen atoms in total. The van der Waals surface area contributed by atoms with E-state index < -0.39 is 0 Å². The van der Waals surface area contributed by atoms with E-state index in [9.17, 15) is 4.79 Å². The molecule has 0 radical (unpaired) electrons. The Kier molecular flexibility index (Phi) is 4.59. The Morgan fingerprint density at radius 2 is 2.00 bits per heavy atom. The average Bonchev–Trinajstić information content (AvgIpc) is 2.38. The number of hydrogen-bond donors (Lipinski definition) is 1. The van der Waals surface area contributed by atoms with Gasteiger partial charge in [0, 0.05) is 38.9 Å². The van der Waals surface area contributed by atoms with E-state index >= 15 is 0 Å². The van der Waals surface area contributed by atoms with Gasteiger partial charge in [-0.25, -0.2) is 0 Å². The predicted octanol–water partition coefficient (Wildman–Crippen LogP) is -0.0972. The molecule has 1 amide bonds. The van der Waals surface area contributed by atoms with E-state index in [1.807, 2.05) is 4.90 Å². The van der Waals surface area contributed by atoms with Crippen molar-refractivity contribution in [3.63, 3.8) is 0 Å². The number of piperazine rings is 1. The van der Waals surface area contributed by atoms with Crippen LogP contribution in [0.5, 0.6) is 0 Å². The van der Waals surface area contributed by atoms with Crippen LogP contribution in [-0.4, -0.2) is 67.7 Å². The summed E-state index contributed by atoms with van der Waals surface area (Å²) in [5, 5.41) is 0. The number of likely N-dealkylation sites (N-methyl/N-ethyl adjacent to an activating group) is 1. The van der Waals surface area contributed by atoms with E-state index in [-0.39, 0.29) is 23.9 Å². The first kappa shape index (κ1) is 13.8. The van der Waals surface area contributed by atoms with Crippen LogP contribution in [0.4, 0.5) is 0 Å². The molecule has 5 heteroatoms. The zero-order chi connectivity index (χ0) is 13.1. The quantitative estimate of drug-likeness (QED) is 0.749. The Morgan fingerprint density at radius 3 is 2.61 bits per heavy atom. The standard InChI is InChI=1S/C13H25N3O2/c1-10-9-15(2)5-6-16(10)13(17)12(14)11-3-7-18-8-4-11/h10-12H,3-9,14H2,1-2H3. The van der Waals surface area contributed by atoms with Crippen LogP contribution in [0, 0.1) is 5.92 Å². The maximum Gasteiger partial charge on any atom is 0.240 e. The molecule has 2 saturated heterocycles. The van der Waals surface area contributed by atoms with E-state index in [2.05, 4.69) is 18.9 Å². The van der Waals surface area contributed by atoms with Crippen molar-refractivity contribution >= 4 is 5.91 Å². The van der Waals surface area contributed by atoms with Crippen molar-refractivity contribution in [2.45, 2.75) is 31.8 Å². The average molecular weight is 255 g/mol. The lowest BCUT2D eigenvalue weighted by atomic mass is 9.91. The molecule has 0 spiro atoms. The fraction of sp³-hybridized carbons (Fsp3) is 0.923. The van der Waals surface area contributed by atoms with E-state index in [1.165, 1.54) is 0 Å². The third-order valence-electron chi connectivity index (χ3n) is 4.17. The summed E-state index contributed by atoms with van der Waals surface area (Å²) in [6.07, 6.45) is 1.82. The molecule has 0 aliphatic carbocycles. The van der Waals surface area contributed by atoms with Crippen LogP contribution < -0.4 is 5.73 Å². The van der Waals surface area contributed by atoms with E-state index in [0.717, 1.165) is 45.7 Å². The minimum atomic E-state index is -0.347. The van der Waals surface area contributed by atoms with Gasteiger partial charge in [-0.2, -0.15) is 0 Å². The van der Waals surface area contributed by atoms with Crippen LogP contribution in [-0.2, 0) is 9.53 Å². The molecule has 2 aliphatic rings. The molecule has 2 aliphatic heterocycles. The summed E-state index contributed by atoms with van der Waals surface area (Å²) in [4.78, 5) is 16.7. The third kappa shape index (κ3) is 3.02. The second-order valence-electron chi connectivity index (χ2n) is 5.62. The normalized spacial score (nSPS) is 29.3. The molecule has 0 saturated carbocycles. The van der Waals surface area contributed by atoms with Crippen LogP contribution in [0.3, 0.4) is 0 Å². The van der Waals surface area contributed by atoms with Crippen LogP contribution in [0.15, 0.2) is 0 Å². The van der Waals surface area contributed by atoms with Crippen molar-refractivity contribution in [2.75, 3.05) is 39.9 Å². The molecule has 2 N–H and O–H groups in total. The number of carbonyl (C=O) groups excluding carboxylic acids is 1. The Morgan fingerprint density at radius 1 is 1.33 bits per heavy atom. The molecule has 0 aromatic heterocycles. The number of rotatable bonds is 2. The zero-order valence-electron chi connectivity index (χ0n) is 11.5. The van der Waals surface area contributed by atoms with Gasteiger partial charge >= 0.3 is 0 Å². The molecule has 18 heavy (non-hydrogen) atoms. The molecular weight excluding hydrogens is 230 g/mol. The zero-order valence-corrected chi connectivity index (χ0v) is 11.5. The van der Waals surface area contributed by atoms with Crippen molar-refractivity contribution in [1.29, 1.82) is 0 Å². The van der Waals surface area contributed by atoms with Gasteiger partial charge in [-0.05, 0) is 32.7 Å². The highest BCUT2D eigenvalue weighted by Crippen LogP contribution is 2.20. The molecule has 0 aromatic carbocycles. The summed E-state index contributed by atoms with van der Waals surface area (Å²) in [6, 6.07) is -0.0816. The molecule has 2 unspecified atom stereocenters. The minimum absolute atomic E-state index is 0.127. The Labute approximate surface area is 109 Å². The first-order valence-corrected chi connectivity index (χ1v) is 6.92. The number of nitrogens with zero attached hydrogens (tertiary/aromatic N) is 2. The molecule has 0 bridgehead atoms. The molecule has 2 fully saturated rings. The molecule has 2 rings (SSSR count). The van der Waals surface area contributed by atoms with Crippen LogP contribution in [0.1, 0.15) is 19.8 Å². The number of amides is 1. The van der Waals surface area contributed by atoms with Crippen molar-refractivity contribution in [2.24, 2.45) is 11.7 Å². The van der Waals surface area contributed by atoms with Crippen molar-refractivity contribution in [3.05, 3.63) is 0 Å². The number of hydrogen-bond acceptors (Lipinski definition) is 4. The highest BCUT2D eigenvalue weighted by atomic mass is 16.5. The molecule has 0 aromatic rings. The predicted molar refractivity (Wildman–Crippen MR) is 70.2 cm³/mol. The number of nitrogens with two attached hydrogens (primary N) is 1. The van der Waals surface area contributed by atoms with Gasteiger partial charge < -0.3 is 20.3 Å². The molecule has 2 atom stereocenters. The van der Waals surface area contributed by atoms with E-state index in [4.69, 9.17) is 10.5 Å². The second-order valence-corrected chi connectivity index (χ2v) is 5.62. The lowest BCUT2D eigenvalue weighted by Crippen LogP contribution is -2.58. The summed E-state index contributed by atoms with van der Waals surface area (Å²) >= 11 is 0. The largest absolute Gasteiger partial charge is 0.381 e. The summed E-state index contributed by atoms with van der Waals surface area (Å²) < 4.78 is 5.32. The van der Waals surface area contributed by atoms with Gasteiger partial charge in [0.25, 0.3) is 0 Å². The first-order chi connectivity index (χ1) is 8.59. The molecule has 2 heterocycles. The topological polar surface area (TPSA) is 58.8 Å². The monoisotopic (exact) mass is 255 g/mol. The molecular formula is C13H25N3O2. The molecule has 104 valence electrons. The van der Waals surface area contributed by atoms with Crippen LogP contribution >= 0.6 is 0 Å².